The van der Waals surface area contributed by atoms with Crippen LogP contribution in [0.25, 0.3) is 0 Å². The normalized spacial score (nSPS) is 15.6. The number of esters is 1. The molecule has 170 valence electrons. The van der Waals surface area contributed by atoms with Crippen molar-refractivity contribution in [1.29, 1.82) is 0 Å². The van der Waals surface area contributed by atoms with Crippen LogP contribution in [0.1, 0.15) is 31.0 Å². The minimum Gasteiger partial charge on any atom is -0.490 e. The van der Waals surface area contributed by atoms with Crippen LogP contribution >= 0.6 is 0 Å². The summed E-state index contributed by atoms with van der Waals surface area (Å²) in [5.41, 5.74) is 2.46. The first-order valence-corrected chi connectivity index (χ1v) is 10.4. The van der Waals surface area contributed by atoms with E-state index in [1.165, 1.54) is 7.11 Å². The smallest absolute Gasteiger partial charge is 0.338 e. The molecule has 1 aliphatic heterocycles. The maximum absolute atomic E-state index is 12.7. The summed E-state index contributed by atoms with van der Waals surface area (Å²) in [4.78, 5) is 24.9. The van der Waals surface area contributed by atoms with E-state index in [4.69, 9.17) is 18.9 Å². The molecule has 8 nitrogen and oxygen atoms in total. The fraction of sp³-hybridized carbons (Fsp3) is 0.333. The van der Waals surface area contributed by atoms with Gasteiger partial charge in [0.15, 0.2) is 11.5 Å². The third-order valence-corrected chi connectivity index (χ3v) is 4.85. The van der Waals surface area contributed by atoms with Crippen LogP contribution in [0.5, 0.6) is 11.5 Å². The van der Waals surface area contributed by atoms with Crippen LogP contribution in [0.4, 0.5) is 4.79 Å². The summed E-state index contributed by atoms with van der Waals surface area (Å²) in [5.74, 6) is 0.572. The van der Waals surface area contributed by atoms with Gasteiger partial charge < -0.3 is 29.6 Å². The Labute approximate surface area is 187 Å². The van der Waals surface area contributed by atoms with Crippen molar-refractivity contribution < 1.29 is 28.5 Å². The molecular weight excluding hydrogens is 412 g/mol. The zero-order valence-corrected chi connectivity index (χ0v) is 18.5. The Morgan fingerprint density at radius 1 is 1.03 bits per heavy atom. The van der Waals surface area contributed by atoms with E-state index in [9.17, 15) is 9.59 Å². The van der Waals surface area contributed by atoms with E-state index in [1.807, 2.05) is 37.3 Å². The maximum atomic E-state index is 12.7. The van der Waals surface area contributed by atoms with Crippen molar-refractivity contribution in [2.75, 3.05) is 26.9 Å². The van der Waals surface area contributed by atoms with Gasteiger partial charge in [0.1, 0.15) is 13.2 Å². The predicted molar refractivity (Wildman–Crippen MR) is 118 cm³/mol. The second kappa shape index (κ2) is 11.2. The van der Waals surface area contributed by atoms with E-state index >= 15 is 0 Å². The highest BCUT2D eigenvalue weighted by molar-refractivity contribution is 5.95. The topological polar surface area (TPSA) is 95.1 Å². The number of rotatable bonds is 10. The lowest BCUT2D eigenvalue weighted by atomic mass is 9.95. The minimum absolute atomic E-state index is 0.114. The van der Waals surface area contributed by atoms with Crippen molar-refractivity contribution in [3.8, 4) is 11.5 Å². The number of hydrogen-bond acceptors (Lipinski definition) is 6. The number of ether oxygens (including phenoxy) is 4. The fourth-order valence-electron chi connectivity index (χ4n) is 3.34. The highest BCUT2D eigenvalue weighted by atomic mass is 16.6. The van der Waals surface area contributed by atoms with Crippen LogP contribution in [0.15, 0.2) is 59.8 Å². The molecule has 0 saturated carbocycles. The predicted octanol–water partition coefficient (Wildman–Crippen LogP) is 3.48. The highest BCUT2D eigenvalue weighted by Gasteiger charge is 2.32. The average Bonchev–Trinajstić information content (AvgIpc) is 2.78. The monoisotopic (exact) mass is 440 g/mol. The lowest BCUT2D eigenvalue weighted by molar-refractivity contribution is -0.140. The Balaban J connectivity index is 1.86. The van der Waals surface area contributed by atoms with Gasteiger partial charge in [0.25, 0.3) is 0 Å². The molecule has 1 unspecified atom stereocenters. The SMILES string of the molecule is CCOc1cc(C2NC(=O)NC(C)=C2C(=O)OCCOC)ccc1OCc1ccccc1. The molecule has 2 aromatic rings. The molecular formula is C24H28N2O6. The summed E-state index contributed by atoms with van der Waals surface area (Å²) in [6.45, 7) is 4.76. The highest BCUT2D eigenvalue weighted by Crippen LogP contribution is 2.35. The van der Waals surface area contributed by atoms with E-state index in [0.29, 0.717) is 41.5 Å². The molecule has 1 atom stereocenters. The molecule has 2 amide bonds. The van der Waals surface area contributed by atoms with Gasteiger partial charge in [0, 0.05) is 12.8 Å². The van der Waals surface area contributed by atoms with Crippen molar-refractivity contribution in [2.24, 2.45) is 0 Å². The number of urea groups is 1. The van der Waals surface area contributed by atoms with E-state index in [0.717, 1.165) is 5.56 Å². The van der Waals surface area contributed by atoms with Crippen molar-refractivity contribution in [1.82, 2.24) is 10.6 Å². The van der Waals surface area contributed by atoms with Crippen LogP contribution in [0.2, 0.25) is 0 Å². The second-order valence-electron chi connectivity index (χ2n) is 7.11. The molecule has 8 heteroatoms. The molecule has 2 aromatic carbocycles. The van der Waals surface area contributed by atoms with Gasteiger partial charge >= 0.3 is 12.0 Å². The van der Waals surface area contributed by atoms with Crippen LogP contribution < -0.4 is 20.1 Å². The van der Waals surface area contributed by atoms with Gasteiger partial charge in [-0.15, -0.1) is 0 Å². The lowest BCUT2D eigenvalue weighted by Crippen LogP contribution is -2.45. The van der Waals surface area contributed by atoms with Crippen molar-refractivity contribution in [3.05, 3.63) is 70.9 Å². The third kappa shape index (κ3) is 5.79. The number of benzene rings is 2. The van der Waals surface area contributed by atoms with Gasteiger partial charge in [-0.1, -0.05) is 36.4 Å². The second-order valence-corrected chi connectivity index (χ2v) is 7.11. The van der Waals surface area contributed by atoms with Crippen LogP contribution in [0.3, 0.4) is 0 Å². The first kappa shape index (κ1) is 23.1. The van der Waals surface area contributed by atoms with E-state index in [1.54, 1.807) is 25.1 Å². The number of hydrogen-bond donors (Lipinski definition) is 2. The summed E-state index contributed by atoms with van der Waals surface area (Å²) in [5, 5.41) is 5.43. The summed E-state index contributed by atoms with van der Waals surface area (Å²) in [6.07, 6.45) is 0. The minimum atomic E-state index is -0.693. The summed E-state index contributed by atoms with van der Waals surface area (Å²) >= 11 is 0. The number of allylic oxidation sites excluding steroid dienone is 1. The first-order chi connectivity index (χ1) is 15.5. The Morgan fingerprint density at radius 3 is 2.53 bits per heavy atom. The van der Waals surface area contributed by atoms with E-state index < -0.39 is 18.0 Å². The molecule has 3 rings (SSSR count). The molecule has 0 saturated heterocycles. The molecule has 0 bridgehead atoms. The number of amides is 2. The summed E-state index contributed by atoms with van der Waals surface area (Å²) in [7, 11) is 1.53. The quantitative estimate of drug-likeness (QED) is 0.434. The molecule has 0 fully saturated rings. The fourth-order valence-corrected chi connectivity index (χ4v) is 3.34. The van der Waals surface area contributed by atoms with E-state index in [-0.39, 0.29) is 13.2 Å². The molecule has 0 aromatic heterocycles. The van der Waals surface area contributed by atoms with Crippen molar-refractivity contribution >= 4 is 12.0 Å². The third-order valence-electron chi connectivity index (χ3n) is 4.85. The summed E-state index contributed by atoms with van der Waals surface area (Å²) in [6, 6.07) is 14.1. The molecule has 0 radical (unpaired) electrons. The molecule has 1 aliphatic rings. The Hall–Kier alpha value is -3.52. The summed E-state index contributed by atoms with van der Waals surface area (Å²) < 4.78 is 22.0. The van der Waals surface area contributed by atoms with Crippen molar-refractivity contribution in [2.45, 2.75) is 26.5 Å². The van der Waals surface area contributed by atoms with Gasteiger partial charge in [0.2, 0.25) is 0 Å². The number of carbonyl (C=O) groups is 2. The van der Waals surface area contributed by atoms with Gasteiger partial charge in [-0.05, 0) is 37.1 Å². The van der Waals surface area contributed by atoms with Gasteiger partial charge in [-0.3, -0.25) is 0 Å². The Morgan fingerprint density at radius 2 is 1.81 bits per heavy atom. The number of carbonyl (C=O) groups excluding carboxylic acids is 2. The van der Waals surface area contributed by atoms with Crippen molar-refractivity contribution in [3.63, 3.8) is 0 Å². The molecule has 0 aliphatic carbocycles. The lowest BCUT2D eigenvalue weighted by Gasteiger charge is -2.28. The maximum Gasteiger partial charge on any atom is 0.338 e. The van der Waals surface area contributed by atoms with Crippen LogP contribution in [-0.4, -0.2) is 38.9 Å². The largest absolute Gasteiger partial charge is 0.490 e. The van der Waals surface area contributed by atoms with Crippen LogP contribution in [-0.2, 0) is 20.9 Å². The number of methoxy groups -OCH3 is 1. The molecule has 32 heavy (non-hydrogen) atoms. The number of nitrogens with one attached hydrogen (secondary N) is 2. The van der Waals surface area contributed by atoms with Gasteiger partial charge in [-0.25, -0.2) is 9.59 Å². The molecule has 1 heterocycles. The van der Waals surface area contributed by atoms with Gasteiger partial charge in [-0.2, -0.15) is 0 Å². The Bertz CT molecular complexity index is 974. The standard InChI is InChI=1S/C24H28N2O6/c1-4-30-20-14-18(10-11-19(20)32-15-17-8-6-5-7-9-17)22-21(16(2)25-24(28)26-22)23(27)31-13-12-29-3/h5-11,14,22H,4,12-13,15H2,1-3H3,(H2,25,26,28). The molecule has 0 spiro atoms. The Kier molecular flexibility index (Phi) is 8.10. The van der Waals surface area contributed by atoms with Gasteiger partial charge in [0.05, 0.1) is 24.8 Å². The first-order valence-electron chi connectivity index (χ1n) is 10.4. The molecule has 2 N–H and O–H groups in total. The average molecular weight is 440 g/mol. The van der Waals surface area contributed by atoms with E-state index in [2.05, 4.69) is 10.6 Å². The zero-order valence-electron chi connectivity index (χ0n) is 18.5. The van der Waals surface area contributed by atoms with Crippen LogP contribution in [0, 0.1) is 0 Å². The zero-order chi connectivity index (χ0) is 22.9.